The van der Waals surface area contributed by atoms with Gasteiger partial charge < -0.3 is 19.3 Å². The molecule has 1 aromatic heterocycles. The molecule has 7 rings (SSSR count). The maximum Gasteiger partial charge on any atom is 0.301 e. The number of ketones is 1. The van der Waals surface area contributed by atoms with Crippen LogP contribution in [-0.4, -0.2) is 41.2 Å². The fraction of sp³-hybridized carbons (Fsp3) is 0.150. The predicted molar refractivity (Wildman–Crippen MR) is 200 cm³/mol. The number of aryl methyl sites for hydroxylation is 1. The monoisotopic (exact) mass is 715 g/mol. The Balaban J connectivity index is 1.21. The maximum atomic E-state index is 13.8. The van der Waals surface area contributed by atoms with Crippen LogP contribution in [0.3, 0.4) is 0 Å². The second-order valence-corrected chi connectivity index (χ2v) is 14.0. The normalized spacial score (nSPS) is 15.4. The van der Waals surface area contributed by atoms with Crippen LogP contribution in [-0.2, 0) is 21.9 Å². The number of aromatic nitrogens is 2. The Labute approximate surface area is 303 Å². The van der Waals surface area contributed by atoms with Crippen molar-refractivity contribution in [3.05, 3.63) is 143 Å². The Morgan fingerprint density at radius 2 is 1.63 bits per heavy atom. The molecule has 0 radical (unpaired) electrons. The van der Waals surface area contributed by atoms with E-state index in [9.17, 15) is 14.7 Å². The van der Waals surface area contributed by atoms with Crippen LogP contribution in [0.4, 0.5) is 5.13 Å². The molecule has 0 spiro atoms. The Kier molecular flexibility index (Phi) is 9.74. The van der Waals surface area contributed by atoms with Crippen LogP contribution in [0.15, 0.2) is 119 Å². The predicted octanol–water partition coefficient (Wildman–Crippen LogP) is 8.51. The van der Waals surface area contributed by atoms with Crippen molar-refractivity contribution in [1.29, 1.82) is 0 Å². The first-order valence-electron chi connectivity index (χ1n) is 16.1. The minimum atomic E-state index is -1.02. The zero-order valence-electron chi connectivity index (χ0n) is 28.0. The third kappa shape index (κ3) is 6.90. The van der Waals surface area contributed by atoms with Gasteiger partial charge in [0.2, 0.25) is 5.13 Å². The maximum absolute atomic E-state index is 13.8. The van der Waals surface area contributed by atoms with Crippen molar-refractivity contribution >= 4 is 56.5 Å². The molecular weight excluding hydrogens is 683 g/mol. The van der Waals surface area contributed by atoms with Crippen LogP contribution >= 0.6 is 23.1 Å². The summed E-state index contributed by atoms with van der Waals surface area (Å²) < 4.78 is 17.6. The van der Waals surface area contributed by atoms with Gasteiger partial charge in [-0.3, -0.25) is 14.5 Å². The smallest absolute Gasteiger partial charge is 0.301 e. The Hall–Kier alpha value is -5.65. The van der Waals surface area contributed by atoms with Crippen LogP contribution < -0.4 is 19.1 Å². The van der Waals surface area contributed by atoms with Gasteiger partial charge in [0, 0.05) is 11.3 Å². The van der Waals surface area contributed by atoms with Crippen LogP contribution in [0.5, 0.6) is 17.2 Å². The van der Waals surface area contributed by atoms with Crippen molar-refractivity contribution in [1.82, 2.24) is 10.2 Å². The average molecular weight is 716 g/mol. The number of carbonyl (C=O) groups is 2. The molecule has 0 bridgehead atoms. The zero-order valence-corrected chi connectivity index (χ0v) is 29.7. The van der Waals surface area contributed by atoms with Gasteiger partial charge in [-0.2, -0.15) is 0 Å². The van der Waals surface area contributed by atoms with E-state index in [1.165, 1.54) is 42.2 Å². The molecule has 1 unspecified atom stereocenters. The highest BCUT2D eigenvalue weighted by Gasteiger charge is 2.48. The largest absolute Gasteiger partial charge is 0.507 e. The highest BCUT2D eigenvalue weighted by atomic mass is 32.2. The number of carbonyl (C=O) groups excluding carboxylic acids is 2. The van der Waals surface area contributed by atoms with E-state index in [0.717, 1.165) is 27.5 Å². The van der Waals surface area contributed by atoms with Crippen LogP contribution in [0, 0.1) is 6.92 Å². The molecule has 1 aliphatic rings. The summed E-state index contributed by atoms with van der Waals surface area (Å²) in [6.07, 6.45) is 0. The number of amides is 1. The number of hydrogen-bond donors (Lipinski definition) is 1. The minimum Gasteiger partial charge on any atom is -0.507 e. The molecule has 1 amide bonds. The zero-order chi connectivity index (χ0) is 35.5. The number of methoxy groups -OCH3 is 2. The van der Waals surface area contributed by atoms with E-state index in [0.29, 0.717) is 45.1 Å². The Morgan fingerprint density at radius 1 is 0.863 bits per heavy atom. The van der Waals surface area contributed by atoms with Gasteiger partial charge >= 0.3 is 5.91 Å². The van der Waals surface area contributed by atoms with Gasteiger partial charge in [-0.25, -0.2) is 0 Å². The lowest BCUT2D eigenvalue weighted by Crippen LogP contribution is -2.29. The molecule has 1 atom stereocenters. The Morgan fingerprint density at radius 3 is 2.41 bits per heavy atom. The van der Waals surface area contributed by atoms with Gasteiger partial charge in [-0.05, 0) is 70.8 Å². The molecule has 256 valence electrons. The van der Waals surface area contributed by atoms with E-state index < -0.39 is 17.7 Å². The summed E-state index contributed by atoms with van der Waals surface area (Å²) in [6.45, 7) is 2.40. The number of aliphatic hydroxyl groups is 1. The molecule has 11 heteroatoms. The first-order valence-corrected chi connectivity index (χ1v) is 17.9. The van der Waals surface area contributed by atoms with E-state index in [2.05, 4.69) is 40.5 Å². The summed E-state index contributed by atoms with van der Waals surface area (Å²) >= 11 is 2.71. The summed E-state index contributed by atoms with van der Waals surface area (Å²) in [7, 11) is 3.03. The molecule has 1 saturated heterocycles. The lowest BCUT2D eigenvalue weighted by atomic mass is 9.95. The number of thioether (sulfide) groups is 1. The minimum absolute atomic E-state index is 0.0826. The van der Waals surface area contributed by atoms with Crippen molar-refractivity contribution < 1.29 is 28.9 Å². The van der Waals surface area contributed by atoms with E-state index in [1.54, 1.807) is 42.5 Å². The lowest BCUT2D eigenvalue weighted by Gasteiger charge is -2.23. The van der Waals surface area contributed by atoms with Gasteiger partial charge in [-0.15, -0.1) is 10.2 Å². The Bertz CT molecular complexity index is 2280. The molecule has 6 aromatic rings. The molecule has 1 aliphatic heterocycles. The number of fused-ring (bicyclic) bond motifs is 1. The van der Waals surface area contributed by atoms with Crippen molar-refractivity contribution in [2.24, 2.45) is 0 Å². The first kappa shape index (κ1) is 33.8. The number of hydrogen-bond acceptors (Lipinski definition) is 10. The highest BCUT2D eigenvalue weighted by molar-refractivity contribution is 8.00. The topological polar surface area (TPSA) is 111 Å². The second kappa shape index (κ2) is 14.7. The number of nitrogens with zero attached hydrogens (tertiary/aromatic N) is 3. The van der Waals surface area contributed by atoms with Gasteiger partial charge in [0.25, 0.3) is 5.78 Å². The SMILES string of the molecule is COc1ccc(C2/C(=C(\O)c3ccc(OCc4cccc(C)c4)cc3)C(=O)C(=O)N2c2nnc(SCc3cccc4ccccc34)s2)cc1OC. The van der Waals surface area contributed by atoms with Gasteiger partial charge in [0.05, 0.1) is 25.8 Å². The summed E-state index contributed by atoms with van der Waals surface area (Å²) in [5.41, 5.74) is 4.11. The fourth-order valence-corrected chi connectivity index (χ4v) is 7.99. The number of aliphatic hydroxyl groups excluding tert-OH is 1. The van der Waals surface area contributed by atoms with Crippen LogP contribution in [0.2, 0.25) is 0 Å². The van der Waals surface area contributed by atoms with Gasteiger partial charge in [0.1, 0.15) is 18.1 Å². The summed E-state index contributed by atoms with van der Waals surface area (Å²) in [6, 6.07) is 33.3. The summed E-state index contributed by atoms with van der Waals surface area (Å²) in [4.78, 5) is 29.0. The molecule has 2 heterocycles. The molecule has 0 saturated carbocycles. The quantitative estimate of drug-likeness (QED) is 0.0464. The average Bonchev–Trinajstić information content (AvgIpc) is 3.73. The van der Waals surface area contributed by atoms with E-state index in [-0.39, 0.29) is 16.5 Å². The molecule has 9 nitrogen and oxygen atoms in total. The standard InChI is InChI=1S/C40H33N3O6S2/c1-24-8-6-9-25(20-24)22-49-30-17-14-27(15-18-30)36(44)34-35(28-16-19-32(47-2)33(21-28)48-3)43(38(46)37(34)45)39-41-42-40(51-39)50-23-29-12-7-11-26-10-4-5-13-31(26)29/h4-21,35,44H,22-23H2,1-3H3/b36-34+. The van der Waals surface area contributed by atoms with Crippen LogP contribution in [0.25, 0.3) is 16.5 Å². The molecule has 0 aliphatic carbocycles. The third-order valence-corrected chi connectivity index (χ3v) is 10.7. The van der Waals surface area contributed by atoms with E-state index >= 15 is 0 Å². The van der Waals surface area contributed by atoms with Gasteiger partial charge in [0.15, 0.2) is 15.8 Å². The molecule has 51 heavy (non-hydrogen) atoms. The van der Waals surface area contributed by atoms with Gasteiger partial charge in [-0.1, -0.05) is 101 Å². The number of benzene rings is 5. The number of anilines is 1. The third-order valence-electron chi connectivity index (χ3n) is 8.62. The summed E-state index contributed by atoms with van der Waals surface area (Å²) in [5.74, 6) is 0.118. The first-order chi connectivity index (χ1) is 24.8. The van der Waals surface area contributed by atoms with Crippen molar-refractivity contribution in [3.63, 3.8) is 0 Å². The molecule has 1 N–H and O–H groups in total. The molecule has 5 aromatic carbocycles. The number of ether oxygens (including phenoxy) is 3. The fourth-order valence-electron chi connectivity index (χ4n) is 6.12. The van der Waals surface area contributed by atoms with Crippen molar-refractivity contribution in [2.45, 2.75) is 29.7 Å². The van der Waals surface area contributed by atoms with E-state index in [4.69, 9.17) is 14.2 Å². The highest BCUT2D eigenvalue weighted by Crippen LogP contribution is 2.46. The molecular formula is C40H33N3O6S2. The molecule has 1 fully saturated rings. The van der Waals surface area contributed by atoms with Crippen LogP contribution in [0.1, 0.15) is 33.9 Å². The lowest BCUT2D eigenvalue weighted by molar-refractivity contribution is -0.132. The summed E-state index contributed by atoms with van der Waals surface area (Å²) in [5, 5.41) is 23.0. The van der Waals surface area contributed by atoms with Crippen molar-refractivity contribution in [3.8, 4) is 17.2 Å². The second-order valence-electron chi connectivity index (χ2n) is 11.9. The number of rotatable bonds is 11. The van der Waals surface area contributed by atoms with E-state index in [1.807, 2.05) is 43.3 Å². The van der Waals surface area contributed by atoms with Crippen molar-refractivity contribution in [2.75, 3.05) is 19.1 Å². The number of Topliss-reactive ketones (excluding diaryl/α,β-unsaturated/α-hetero) is 1.